The highest BCUT2D eigenvalue weighted by atomic mass is 79.9. The van der Waals surface area contributed by atoms with E-state index < -0.39 is 17.7 Å². The van der Waals surface area contributed by atoms with Crippen LogP contribution in [-0.4, -0.2) is 44.9 Å². The van der Waals surface area contributed by atoms with E-state index in [4.69, 9.17) is 4.74 Å². The van der Waals surface area contributed by atoms with Crippen molar-refractivity contribution in [1.29, 1.82) is 0 Å². The van der Waals surface area contributed by atoms with Gasteiger partial charge in [0, 0.05) is 41.1 Å². The van der Waals surface area contributed by atoms with Crippen molar-refractivity contribution in [3.05, 3.63) is 88.4 Å². The van der Waals surface area contributed by atoms with E-state index in [-0.39, 0.29) is 11.3 Å². The van der Waals surface area contributed by atoms with E-state index in [9.17, 15) is 14.7 Å². The number of imidazole rings is 1. The van der Waals surface area contributed by atoms with Crippen LogP contribution >= 0.6 is 15.9 Å². The Balaban J connectivity index is 1.77. The second-order valence-corrected chi connectivity index (χ2v) is 8.31. The van der Waals surface area contributed by atoms with Crippen LogP contribution in [-0.2, 0) is 16.1 Å². The third-order valence-electron chi connectivity index (χ3n) is 5.47. The Morgan fingerprint density at radius 2 is 1.88 bits per heavy atom. The number of halogens is 1. The van der Waals surface area contributed by atoms with Crippen molar-refractivity contribution in [2.75, 3.05) is 13.7 Å². The Morgan fingerprint density at radius 3 is 2.56 bits per heavy atom. The third-order valence-corrected chi connectivity index (χ3v) is 5.99. The Labute approximate surface area is 194 Å². The van der Waals surface area contributed by atoms with Gasteiger partial charge in [-0.25, -0.2) is 4.98 Å². The number of ketones is 1. The monoisotopic (exact) mass is 495 g/mol. The van der Waals surface area contributed by atoms with Crippen LogP contribution in [0.4, 0.5) is 0 Å². The highest BCUT2D eigenvalue weighted by molar-refractivity contribution is 9.10. The summed E-state index contributed by atoms with van der Waals surface area (Å²) in [4.78, 5) is 31.7. The smallest absolute Gasteiger partial charge is 0.295 e. The fourth-order valence-electron chi connectivity index (χ4n) is 3.93. The van der Waals surface area contributed by atoms with E-state index in [0.717, 1.165) is 4.47 Å². The lowest BCUT2D eigenvalue weighted by Crippen LogP contribution is -2.31. The molecule has 0 saturated carbocycles. The average molecular weight is 496 g/mol. The first-order chi connectivity index (χ1) is 15.5. The summed E-state index contributed by atoms with van der Waals surface area (Å²) in [6.45, 7) is 0.983. The summed E-state index contributed by atoms with van der Waals surface area (Å²) in [7, 11) is 1.54. The van der Waals surface area contributed by atoms with Crippen LogP contribution < -0.4 is 4.74 Å². The number of aryl methyl sites for hydroxylation is 1. The number of hydrogen-bond donors (Lipinski definition) is 1. The van der Waals surface area contributed by atoms with Gasteiger partial charge in [-0.05, 0) is 24.6 Å². The number of aliphatic hydroxyl groups is 1. The molecule has 1 aromatic heterocycles. The molecule has 32 heavy (non-hydrogen) atoms. The van der Waals surface area contributed by atoms with E-state index in [1.54, 1.807) is 50.0 Å². The van der Waals surface area contributed by atoms with Crippen LogP contribution in [0.15, 0.2) is 77.3 Å². The van der Waals surface area contributed by atoms with Gasteiger partial charge >= 0.3 is 0 Å². The SMILES string of the molecule is COc1ccccc1[C@H]1C(=C(O)c2ccc(Br)cc2)C(=O)C(=O)N1CCCn1ccnc1. The van der Waals surface area contributed by atoms with Gasteiger partial charge in [0.15, 0.2) is 0 Å². The summed E-state index contributed by atoms with van der Waals surface area (Å²) >= 11 is 3.37. The van der Waals surface area contributed by atoms with E-state index in [0.29, 0.717) is 36.4 Å². The molecule has 1 saturated heterocycles. The molecule has 1 fully saturated rings. The fourth-order valence-corrected chi connectivity index (χ4v) is 4.20. The van der Waals surface area contributed by atoms with E-state index >= 15 is 0 Å². The molecular weight excluding hydrogens is 474 g/mol. The lowest BCUT2D eigenvalue weighted by molar-refractivity contribution is -0.140. The maximum Gasteiger partial charge on any atom is 0.295 e. The summed E-state index contributed by atoms with van der Waals surface area (Å²) in [5.41, 5.74) is 1.17. The molecule has 2 heterocycles. The largest absolute Gasteiger partial charge is 0.507 e. The number of nitrogens with zero attached hydrogens (tertiary/aromatic N) is 3. The standard InChI is InChI=1S/C24H22BrN3O4/c1-32-19-6-3-2-5-18(19)21-20(22(29)16-7-9-17(25)10-8-16)23(30)24(31)28(21)13-4-12-27-14-11-26-15-27/h2-3,5-11,14-15,21,29H,4,12-13H2,1H3/t21-/m0/s1. The molecule has 3 aromatic rings. The molecule has 0 radical (unpaired) electrons. The van der Waals surface area contributed by atoms with Crippen molar-refractivity contribution in [2.24, 2.45) is 0 Å². The molecule has 1 N–H and O–H groups in total. The number of ether oxygens (including phenoxy) is 1. The fraction of sp³-hybridized carbons (Fsp3) is 0.208. The second kappa shape index (κ2) is 9.40. The number of benzene rings is 2. The predicted molar refractivity (Wildman–Crippen MR) is 123 cm³/mol. The summed E-state index contributed by atoms with van der Waals surface area (Å²) < 4.78 is 8.27. The topological polar surface area (TPSA) is 84.7 Å². The number of rotatable bonds is 7. The molecule has 0 unspecified atom stereocenters. The maximum atomic E-state index is 13.1. The van der Waals surface area contributed by atoms with Crippen LogP contribution in [0, 0.1) is 0 Å². The molecule has 0 aliphatic carbocycles. The molecule has 164 valence electrons. The number of Topliss-reactive ketones (excluding diaryl/α,β-unsaturated/α-hetero) is 1. The Hall–Kier alpha value is -3.39. The Morgan fingerprint density at radius 1 is 1.12 bits per heavy atom. The van der Waals surface area contributed by atoms with Crippen LogP contribution in [0.3, 0.4) is 0 Å². The van der Waals surface area contributed by atoms with Crippen molar-refractivity contribution in [2.45, 2.75) is 19.0 Å². The van der Waals surface area contributed by atoms with Crippen molar-refractivity contribution < 1.29 is 19.4 Å². The van der Waals surface area contributed by atoms with Crippen molar-refractivity contribution in [3.63, 3.8) is 0 Å². The number of likely N-dealkylation sites (tertiary alicyclic amines) is 1. The number of carbonyl (C=O) groups excluding carboxylic acids is 2. The molecular formula is C24H22BrN3O4. The zero-order valence-electron chi connectivity index (χ0n) is 17.4. The summed E-state index contributed by atoms with van der Waals surface area (Å²) in [5.74, 6) is -1.00. The number of para-hydroxylation sites is 1. The van der Waals surface area contributed by atoms with E-state index in [1.807, 2.05) is 29.0 Å². The number of aliphatic hydroxyl groups excluding tert-OH is 1. The van der Waals surface area contributed by atoms with Gasteiger partial charge in [0.05, 0.1) is 25.1 Å². The normalized spacial score (nSPS) is 17.7. The minimum absolute atomic E-state index is 0.0597. The van der Waals surface area contributed by atoms with E-state index in [2.05, 4.69) is 20.9 Å². The Bertz CT molecular complexity index is 1160. The minimum atomic E-state index is -0.752. The molecule has 0 spiro atoms. The zero-order valence-corrected chi connectivity index (χ0v) is 19.0. The minimum Gasteiger partial charge on any atom is -0.507 e. The molecule has 1 aliphatic heterocycles. The van der Waals surface area contributed by atoms with E-state index in [1.165, 1.54) is 4.90 Å². The summed E-state index contributed by atoms with van der Waals surface area (Å²) in [6.07, 6.45) is 5.87. The molecule has 1 atom stereocenters. The van der Waals surface area contributed by atoms with Crippen LogP contribution in [0.1, 0.15) is 23.6 Å². The average Bonchev–Trinajstić information content (AvgIpc) is 3.41. The van der Waals surface area contributed by atoms with Gasteiger partial charge in [0.25, 0.3) is 11.7 Å². The number of aromatic nitrogens is 2. The summed E-state index contributed by atoms with van der Waals surface area (Å²) in [6, 6.07) is 13.4. The first-order valence-electron chi connectivity index (χ1n) is 10.1. The van der Waals surface area contributed by atoms with Crippen LogP contribution in [0.5, 0.6) is 5.75 Å². The molecule has 1 amide bonds. The maximum absolute atomic E-state index is 13.1. The molecule has 8 heteroatoms. The first-order valence-corrected chi connectivity index (χ1v) is 10.9. The van der Waals surface area contributed by atoms with Crippen LogP contribution in [0.25, 0.3) is 5.76 Å². The van der Waals surface area contributed by atoms with Gasteiger partial charge in [0.2, 0.25) is 0 Å². The van der Waals surface area contributed by atoms with Gasteiger partial charge < -0.3 is 19.3 Å². The highest BCUT2D eigenvalue weighted by Crippen LogP contribution is 2.42. The number of carbonyl (C=O) groups is 2. The lowest BCUT2D eigenvalue weighted by Gasteiger charge is -2.26. The summed E-state index contributed by atoms with van der Waals surface area (Å²) in [5, 5.41) is 11.1. The number of hydrogen-bond acceptors (Lipinski definition) is 5. The lowest BCUT2D eigenvalue weighted by atomic mass is 9.94. The highest BCUT2D eigenvalue weighted by Gasteiger charge is 2.46. The van der Waals surface area contributed by atoms with Crippen molar-refractivity contribution in [3.8, 4) is 5.75 Å². The van der Waals surface area contributed by atoms with Gasteiger partial charge in [-0.1, -0.05) is 46.3 Å². The van der Waals surface area contributed by atoms with Gasteiger partial charge in [0.1, 0.15) is 11.5 Å². The molecule has 4 rings (SSSR count). The molecule has 7 nitrogen and oxygen atoms in total. The van der Waals surface area contributed by atoms with Gasteiger partial charge in [-0.3, -0.25) is 9.59 Å². The molecule has 1 aliphatic rings. The predicted octanol–water partition coefficient (Wildman–Crippen LogP) is 4.17. The first kappa shape index (κ1) is 21.8. The van der Waals surface area contributed by atoms with Gasteiger partial charge in [-0.15, -0.1) is 0 Å². The molecule has 0 bridgehead atoms. The Kier molecular flexibility index (Phi) is 6.41. The van der Waals surface area contributed by atoms with Crippen molar-refractivity contribution >= 4 is 33.4 Å². The van der Waals surface area contributed by atoms with Crippen LogP contribution in [0.2, 0.25) is 0 Å². The second-order valence-electron chi connectivity index (χ2n) is 7.40. The number of amides is 1. The van der Waals surface area contributed by atoms with Gasteiger partial charge in [-0.2, -0.15) is 0 Å². The number of methoxy groups -OCH3 is 1. The van der Waals surface area contributed by atoms with Crippen molar-refractivity contribution in [1.82, 2.24) is 14.5 Å². The zero-order chi connectivity index (χ0) is 22.7. The quantitative estimate of drug-likeness (QED) is 0.302. The third kappa shape index (κ3) is 4.18. The molecule has 2 aromatic carbocycles.